The number of hydrogen-bond donors (Lipinski definition) is 3. The van der Waals surface area contributed by atoms with Crippen molar-refractivity contribution in [2.75, 3.05) is 7.05 Å². The molecule has 1 aromatic rings. The van der Waals surface area contributed by atoms with Crippen LogP contribution in [0.2, 0.25) is 0 Å². The Morgan fingerprint density at radius 3 is 2.37 bits per heavy atom. The standard InChI is InChI=1S/C17H21F5N4O/c1-10-7-16(27-15(18)19,8-13(23-10)14-9-26(2)25-24-14)11-3-5-12(6-4-11)17(20,21)22/h3-6,9-10,13,15,23-25H,7-8H2,1-2H3/t10-,13-,16-/m0/s1. The number of benzene rings is 1. The average molecular weight is 392 g/mol. The maximum Gasteiger partial charge on any atom is 0.416 e. The van der Waals surface area contributed by atoms with Gasteiger partial charge in [0, 0.05) is 25.7 Å². The molecule has 2 aliphatic heterocycles. The van der Waals surface area contributed by atoms with Gasteiger partial charge in [0.05, 0.1) is 17.3 Å². The molecule has 27 heavy (non-hydrogen) atoms. The molecule has 1 aromatic carbocycles. The summed E-state index contributed by atoms with van der Waals surface area (Å²) in [4.78, 5) is 0. The average Bonchev–Trinajstić information content (AvgIpc) is 2.99. The third kappa shape index (κ3) is 4.33. The Hall–Kier alpha value is -1.91. The molecule has 2 heterocycles. The van der Waals surface area contributed by atoms with Crippen molar-refractivity contribution in [2.45, 2.75) is 50.2 Å². The third-order valence-electron chi connectivity index (χ3n) is 4.79. The van der Waals surface area contributed by atoms with E-state index >= 15 is 0 Å². The Labute approximate surface area is 153 Å². The second-order valence-corrected chi connectivity index (χ2v) is 6.91. The summed E-state index contributed by atoms with van der Waals surface area (Å²) < 4.78 is 70.0. The summed E-state index contributed by atoms with van der Waals surface area (Å²) in [5.74, 6) is 0. The van der Waals surface area contributed by atoms with Crippen LogP contribution in [0.15, 0.2) is 36.2 Å². The SMILES string of the molecule is C[C@H]1C[C@@](OC(F)F)(c2ccc(C(F)(F)F)cc2)C[C@@H](C2=CN(C)NN2)N1. The minimum Gasteiger partial charge on any atom is -0.311 e. The molecular formula is C17H21F5N4O. The maximum absolute atomic E-state index is 13.2. The zero-order chi connectivity index (χ0) is 19.8. The van der Waals surface area contributed by atoms with Crippen LogP contribution in [0.1, 0.15) is 30.9 Å². The number of hydrogen-bond acceptors (Lipinski definition) is 5. The van der Waals surface area contributed by atoms with Gasteiger partial charge < -0.3 is 15.5 Å². The van der Waals surface area contributed by atoms with E-state index in [-0.39, 0.29) is 24.9 Å². The molecule has 1 fully saturated rings. The van der Waals surface area contributed by atoms with Crippen molar-refractivity contribution in [1.82, 2.24) is 21.3 Å². The van der Waals surface area contributed by atoms with Gasteiger partial charge in [0.1, 0.15) is 5.60 Å². The Bertz CT molecular complexity index is 690. The van der Waals surface area contributed by atoms with Crippen LogP contribution >= 0.6 is 0 Å². The van der Waals surface area contributed by atoms with E-state index in [1.54, 1.807) is 18.3 Å². The first-order chi connectivity index (χ1) is 12.6. The Balaban J connectivity index is 1.95. The summed E-state index contributed by atoms with van der Waals surface area (Å²) in [5, 5.41) is 4.98. The Morgan fingerprint density at radius 2 is 1.85 bits per heavy atom. The van der Waals surface area contributed by atoms with Gasteiger partial charge in [-0.05, 0) is 31.0 Å². The zero-order valence-corrected chi connectivity index (χ0v) is 14.8. The van der Waals surface area contributed by atoms with Gasteiger partial charge in [-0.1, -0.05) is 12.1 Å². The highest BCUT2D eigenvalue weighted by atomic mass is 19.4. The number of rotatable bonds is 4. The van der Waals surface area contributed by atoms with E-state index in [1.165, 1.54) is 12.1 Å². The van der Waals surface area contributed by atoms with Crippen molar-refractivity contribution in [3.8, 4) is 0 Å². The molecule has 0 radical (unpaired) electrons. The topological polar surface area (TPSA) is 48.6 Å². The summed E-state index contributed by atoms with van der Waals surface area (Å²) in [5.41, 5.74) is 4.60. The molecule has 2 aliphatic rings. The van der Waals surface area contributed by atoms with Crippen LogP contribution in [-0.4, -0.2) is 30.8 Å². The number of halogens is 5. The first-order valence-corrected chi connectivity index (χ1v) is 8.45. The fourth-order valence-corrected chi connectivity index (χ4v) is 3.71. The molecule has 3 atom stereocenters. The van der Waals surface area contributed by atoms with Gasteiger partial charge in [0.15, 0.2) is 0 Å². The second-order valence-electron chi connectivity index (χ2n) is 6.91. The number of nitrogens with one attached hydrogen (secondary N) is 3. The predicted molar refractivity (Wildman–Crippen MR) is 87.9 cm³/mol. The quantitative estimate of drug-likeness (QED) is 0.688. The molecule has 10 heteroatoms. The Kier molecular flexibility index (Phi) is 5.33. The number of nitrogens with zero attached hydrogens (tertiary/aromatic N) is 1. The predicted octanol–water partition coefficient (Wildman–Crippen LogP) is 3.08. The molecule has 3 rings (SSSR count). The summed E-state index contributed by atoms with van der Waals surface area (Å²) in [6.45, 7) is -1.23. The van der Waals surface area contributed by atoms with Crippen molar-refractivity contribution < 1.29 is 26.7 Å². The first kappa shape index (κ1) is 19.8. The van der Waals surface area contributed by atoms with E-state index in [0.29, 0.717) is 5.56 Å². The van der Waals surface area contributed by atoms with E-state index in [0.717, 1.165) is 17.8 Å². The fraction of sp³-hybridized carbons (Fsp3) is 0.529. The van der Waals surface area contributed by atoms with Gasteiger partial charge >= 0.3 is 12.8 Å². The fourth-order valence-electron chi connectivity index (χ4n) is 3.71. The largest absolute Gasteiger partial charge is 0.416 e. The maximum atomic E-state index is 13.2. The molecule has 0 saturated carbocycles. The number of piperidine rings is 1. The second kappa shape index (κ2) is 7.25. The number of alkyl halides is 5. The molecule has 1 saturated heterocycles. The van der Waals surface area contributed by atoms with E-state index in [4.69, 9.17) is 4.74 Å². The van der Waals surface area contributed by atoms with Crippen LogP contribution in [0.25, 0.3) is 0 Å². The molecule has 0 bridgehead atoms. The lowest BCUT2D eigenvalue weighted by Crippen LogP contribution is -2.54. The highest BCUT2D eigenvalue weighted by Gasteiger charge is 2.45. The zero-order valence-electron chi connectivity index (χ0n) is 14.8. The molecule has 0 unspecified atom stereocenters. The van der Waals surface area contributed by atoms with Crippen molar-refractivity contribution in [3.05, 3.63) is 47.3 Å². The van der Waals surface area contributed by atoms with Gasteiger partial charge in [-0.3, -0.25) is 5.01 Å². The van der Waals surface area contributed by atoms with E-state index in [2.05, 4.69) is 16.3 Å². The number of ether oxygens (including phenoxy) is 1. The summed E-state index contributed by atoms with van der Waals surface area (Å²) in [7, 11) is 1.77. The molecular weight excluding hydrogens is 371 g/mol. The highest BCUT2D eigenvalue weighted by molar-refractivity contribution is 5.31. The molecule has 0 spiro atoms. The van der Waals surface area contributed by atoms with Crippen LogP contribution in [0.5, 0.6) is 0 Å². The van der Waals surface area contributed by atoms with Gasteiger partial charge in [-0.25, -0.2) is 0 Å². The number of hydrazine groups is 2. The van der Waals surface area contributed by atoms with Crippen LogP contribution in [0, 0.1) is 0 Å². The van der Waals surface area contributed by atoms with Gasteiger partial charge in [0.25, 0.3) is 0 Å². The van der Waals surface area contributed by atoms with Crippen LogP contribution in [-0.2, 0) is 16.5 Å². The molecule has 150 valence electrons. The lowest BCUT2D eigenvalue weighted by Gasteiger charge is -2.44. The smallest absolute Gasteiger partial charge is 0.311 e. The molecule has 0 amide bonds. The summed E-state index contributed by atoms with van der Waals surface area (Å²) >= 11 is 0. The lowest BCUT2D eigenvalue weighted by molar-refractivity contribution is -0.227. The molecule has 0 aromatic heterocycles. The lowest BCUT2D eigenvalue weighted by atomic mass is 9.78. The third-order valence-corrected chi connectivity index (χ3v) is 4.79. The van der Waals surface area contributed by atoms with Crippen molar-refractivity contribution in [3.63, 3.8) is 0 Å². The van der Waals surface area contributed by atoms with Crippen molar-refractivity contribution >= 4 is 0 Å². The minimum atomic E-state index is -4.49. The van der Waals surface area contributed by atoms with E-state index in [1.807, 2.05) is 6.92 Å². The van der Waals surface area contributed by atoms with Gasteiger partial charge in [-0.15, -0.1) is 5.53 Å². The summed E-state index contributed by atoms with van der Waals surface area (Å²) in [6.07, 6.45) is -2.37. The van der Waals surface area contributed by atoms with Crippen molar-refractivity contribution in [2.24, 2.45) is 0 Å². The molecule has 5 nitrogen and oxygen atoms in total. The monoisotopic (exact) mass is 392 g/mol. The Morgan fingerprint density at radius 1 is 1.19 bits per heavy atom. The first-order valence-electron chi connectivity index (χ1n) is 8.45. The summed E-state index contributed by atoms with van der Waals surface area (Å²) in [6, 6.07) is 3.71. The van der Waals surface area contributed by atoms with Gasteiger partial charge in [-0.2, -0.15) is 22.0 Å². The van der Waals surface area contributed by atoms with Crippen molar-refractivity contribution in [1.29, 1.82) is 0 Å². The normalized spacial score (nSPS) is 29.0. The van der Waals surface area contributed by atoms with Crippen LogP contribution < -0.4 is 16.3 Å². The van der Waals surface area contributed by atoms with E-state index < -0.39 is 24.0 Å². The van der Waals surface area contributed by atoms with Crippen LogP contribution in [0.4, 0.5) is 22.0 Å². The van der Waals surface area contributed by atoms with E-state index in [9.17, 15) is 22.0 Å². The highest BCUT2D eigenvalue weighted by Crippen LogP contribution is 2.42. The van der Waals surface area contributed by atoms with Crippen LogP contribution in [0.3, 0.4) is 0 Å². The molecule has 3 N–H and O–H groups in total. The van der Waals surface area contributed by atoms with Gasteiger partial charge in [0.2, 0.25) is 0 Å². The molecule has 0 aliphatic carbocycles. The minimum absolute atomic E-state index is 0.140.